The van der Waals surface area contributed by atoms with Crippen molar-refractivity contribution in [3.63, 3.8) is 0 Å². The average Bonchev–Trinajstić information content (AvgIpc) is 2.67. The maximum Gasteiger partial charge on any atom is 0.194 e. The second kappa shape index (κ2) is 8.99. The molecule has 0 saturated carbocycles. The van der Waals surface area contributed by atoms with Gasteiger partial charge >= 0.3 is 0 Å². The van der Waals surface area contributed by atoms with E-state index >= 15 is 0 Å². The van der Waals surface area contributed by atoms with Crippen molar-refractivity contribution in [2.24, 2.45) is 0 Å². The van der Waals surface area contributed by atoms with Gasteiger partial charge in [0.1, 0.15) is 6.67 Å². The largest absolute Gasteiger partial charge is 0.294 e. The highest BCUT2D eigenvalue weighted by atomic mass is 19.3. The number of hydrogen-bond donors (Lipinski definition) is 0. The van der Waals surface area contributed by atoms with Gasteiger partial charge in [0.2, 0.25) is 0 Å². The zero-order valence-electron chi connectivity index (χ0n) is 13.8. The lowest BCUT2D eigenvalue weighted by Gasteiger charge is -2.02. The molecule has 0 aliphatic heterocycles. The van der Waals surface area contributed by atoms with Gasteiger partial charge in [-0.2, -0.15) is 0 Å². The summed E-state index contributed by atoms with van der Waals surface area (Å²) in [5, 5.41) is 0. The number of aryl methyl sites for hydroxylation is 1. The molecule has 6 heteroatoms. The molecule has 26 heavy (non-hydrogen) atoms. The minimum atomic E-state index is -1.65. The molecule has 136 valence electrons. The molecule has 0 spiro atoms. The lowest BCUT2D eigenvalue weighted by atomic mass is 10.0. The fourth-order valence-electron chi connectivity index (χ4n) is 2.11. The molecule has 0 saturated heterocycles. The normalized spacial score (nSPS) is 10.1. The van der Waals surface area contributed by atoms with Crippen LogP contribution in [-0.2, 0) is 6.67 Å². The summed E-state index contributed by atoms with van der Waals surface area (Å²) in [5.41, 5.74) is 4.28. The molecule has 0 radical (unpaired) electrons. The van der Waals surface area contributed by atoms with Crippen molar-refractivity contribution in [2.45, 2.75) is 13.6 Å². The highest BCUT2D eigenvalue weighted by Crippen LogP contribution is 2.20. The molecule has 3 aromatic rings. The van der Waals surface area contributed by atoms with Gasteiger partial charge in [-0.25, -0.2) is 17.6 Å². The van der Waals surface area contributed by atoms with Crippen molar-refractivity contribution in [1.82, 2.24) is 0 Å². The minimum absolute atomic E-state index is 0.395. The molecule has 0 aliphatic rings. The number of alkyl halides is 1. The topological polar surface area (TPSA) is 9.23 Å². The highest BCUT2D eigenvalue weighted by molar-refractivity contribution is 5.63. The lowest BCUT2D eigenvalue weighted by Crippen LogP contribution is -1.90. The molecule has 0 aromatic heterocycles. The Labute approximate surface area is 147 Å². The third kappa shape index (κ3) is 5.05. The standard InChI is InChI=1S/C14H13F.C6H2F4O/c1-11-2-6-13(7-3-11)14-8-4-12(10-15)5-9-14;7-4-1-3(11-10)2-5(8)6(4)9/h2-9H,10H2,1H3;1-2H. The van der Waals surface area contributed by atoms with E-state index in [1.165, 1.54) is 11.1 Å². The first-order chi connectivity index (χ1) is 12.4. The molecule has 0 bridgehead atoms. The van der Waals surface area contributed by atoms with Crippen LogP contribution < -0.4 is 4.94 Å². The smallest absolute Gasteiger partial charge is 0.194 e. The summed E-state index contributed by atoms with van der Waals surface area (Å²) in [6.07, 6.45) is 0. The Morgan fingerprint density at radius 3 is 1.65 bits per heavy atom. The summed E-state index contributed by atoms with van der Waals surface area (Å²) in [6, 6.07) is 16.7. The molecule has 0 fully saturated rings. The molecule has 3 aromatic carbocycles. The Morgan fingerprint density at radius 2 is 1.23 bits per heavy atom. The van der Waals surface area contributed by atoms with E-state index in [4.69, 9.17) is 0 Å². The van der Waals surface area contributed by atoms with Crippen LogP contribution in [0.4, 0.5) is 22.1 Å². The molecule has 0 N–H and O–H groups in total. The van der Waals surface area contributed by atoms with Crippen LogP contribution >= 0.6 is 0 Å². The zero-order valence-corrected chi connectivity index (χ0v) is 13.8. The minimum Gasteiger partial charge on any atom is -0.294 e. The summed E-state index contributed by atoms with van der Waals surface area (Å²) in [5.74, 6) is -5.33. The van der Waals surface area contributed by atoms with Crippen LogP contribution in [0.3, 0.4) is 0 Å². The van der Waals surface area contributed by atoms with Crippen LogP contribution in [0.15, 0.2) is 60.7 Å². The monoisotopic (exact) mass is 366 g/mol. The van der Waals surface area contributed by atoms with Crippen molar-refractivity contribution in [2.75, 3.05) is 0 Å². The predicted molar refractivity (Wildman–Crippen MR) is 89.5 cm³/mol. The van der Waals surface area contributed by atoms with Crippen molar-refractivity contribution >= 4 is 0 Å². The first-order valence-electron chi connectivity index (χ1n) is 7.59. The summed E-state index contributed by atoms with van der Waals surface area (Å²) >= 11 is 0. The summed E-state index contributed by atoms with van der Waals surface area (Å²) in [4.78, 5) is 2.98. The molecule has 0 atom stereocenters. The van der Waals surface area contributed by atoms with Crippen LogP contribution in [0, 0.1) is 24.4 Å². The molecule has 1 nitrogen and oxygen atoms in total. The molecular weight excluding hydrogens is 351 g/mol. The van der Waals surface area contributed by atoms with Gasteiger partial charge in [0.15, 0.2) is 23.2 Å². The Morgan fingerprint density at radius 1 is 0.769 bits per heavy atom. The van der Waals surface area contributed by atoms with E-state index in [0.717, 1.165) is 11.1 Å². The van der Waals surface area contributed by atoms with E-state index in [-0.39, 0.29) is 0 Å². The van der Waals surface area contributed by atoms with E-state index in [1.54, 1.807) is 0 Å². The van der Waals surface area contributed by atoms with Gasteiger partial charge in [0.05, 0.1) is 0 Å². The van der Waals surface area contributed by atoms with Gasteiger partial charge in [0, 0.05) is 16.7 Å². The fraction of sp³-hybridized carbons (Fsp3) is 0.100. The van der Waals surface area contributed by atoms with Crippen LogP contribution in [0.1, 0.15) is 11.1 Å². The van der Waals surface area contributed by atoms with Crippen molar-refractivity contribution in [3.8, 4) is 16.9 Å². The average molecular weight is 366 g/mol. The molecule has 3 rings (SSSR count). The molecule has 0 amide bonds. The van der Waals surface area contributed by atoms with E-state index in [1.807, 2.05) is 24.3 Å². The van der Waals surface area contributed by atoms with Gasteiger partial charge < -0.3 is 0 Å². The van der Waals surface area contributed by atoms with Crippen molar-refractivity contribution in [3.05, 3.63) is 89.2 Å². The number of benzene rings is 3. The van der Waals surface area contributed by atoms with Crippen LogP contribution in [-0.4, -0.2) is 0 Å². The second-order valence-electron chi connectivity index (χ2n) is 5.47. The Bertz CT molecular complexity index is 822. The Kier molecular flexibility index (Phi) is 6.72. The summed E-state index contributed by atoms with van der Waals surface area (Å²) < 4.78 is 60.0. The Hall–Kier alpha value is -2.89. The van der Waals surface area contributed by atoms with E-state index in [2.05, 4.69) is 36.1 Å². The SMILES string of the molecule is Cc1ccc(-c2ccc(CF)cc2)cc1.FOc1cc(F)c(F)c(F)c1. The maximum atomic E-state index is 12.3. The van der Waals surface area contributed by atoms with Crippen LogP contribution in [0.5, 0.6) is 5.75 Å². The van der Waals surface area contributed by atoms with E-state index in [9.17, 15) is 22.1 Å². The quantitative estimate of drug-likeness (QED) is 0.380. The maximum absolute atomic E-state index is 12.3. The number of hydrogen-bond acceptors (Lipinski definition) is 1. The molecular formula is C20H15F5O. The molecule has 0 heterocycles. The third-order valence-corrected chi connectivity index (χ3v) is 3.54. The Balaban J connectivity index is 0.000000197. The zero-order chi connectivity index (χ0) is 19.1. The van der Waals surface area contributed by atoms with Gasteiger partial charge in [-0.15, -0.1) is 0 Å². The van der Waals surface area contributed by atoms with E-state index in [0.29, 0.717) is 12.1 Å². The van der Waals surface area contributed by atoms with Crippen molar-refractivity contribution < 1.29 is 27.0 Å². The van der Waals surface area contributed by atoms with E-state index < -0.39 is 29.9 Å². The van der Waals surface area contributed by atoms with Crippen LogP contribution in [0.25, 0.3) is 11.1 Å². The third-order valence-electron chi connectivity index (χ3n) is 3.54. The number of rotatable bonds is 3. The predicted octanol–water partition coefficient (Wildman–Crippen LogP) is 6.50. The summed E-state index contributed by atoms with van der Waals surface area (Å²) in [7, 11) is 0. The van der Waals surface area contributed by atoms with Gasteiger partial charge in [-0.1, -0.05) is 54.1 Å². The van der Waals surface area contributed by atoms with Gasteiger partial charge in [0.25, 0.3) is 0 Å². The molecule has 0 unspecified atom stereocenters. The molecule has 0 aliphatic carbocycles. The summed E-state index contributed by atoms with van der Waals surface area (Å²) in [6.45, 7) is 1.67. The number of halogens is 5. The van der Waals surface area contributed by atoms with Crippen molar-refractivity contribution in [1.29, 1.82) is 0 Å². The van der Waals surface area contributed by atoms with Crippen LogP contribution in [0.2, 0.25) is 0 Å². The van der Waals surface area contributed by atoms with Gasteiger partial charge in [-0.3, -0.25) is 4.94 Å². The second-order valence-corrected chi connectivity index (χ2v) is 5.47. The first-order valence-corrected chi connectivity index (χ1v) is 7.59. The fourth-order valence-corrected chi connectivity index (χ4v) is 2.11. The lowest BCUT2D eigenvalue weighted by molar-refractivity contribution is -0.00711. The van der Waals surface area contributed by atoms with Gasteiger partial charge in [-0.05, 0) is 23.6 Å². The first kappa shape index (κ1) is 19.4. The highest BCUT2D eigenvalue weighted by Gasteiger charge is 2.11.